The van der Waals surface area contributed by atoms with Gasteiger partial charge in [-0.25, -0.2) is 13.4 Å². The highest BCUT2D eigenvalue weighted by Crippen LogP contribution is 2.23. The van der Waals surface area contributed by atoms with Gasteiger partial charge in [0.25, 0.3) is 10.0 Å². The van der Waals surface area contributed by atoms with E-state index >= 15 is 0 Å². The van der Waals surface area contributed by atoms with Crippen LogP contribution in [-0.2, 0) is 10.0 Å². The van der Waals surface area contributed by atoms with Crippen LogP contribution in [0.3, 0.4) is 0 Å². The predicted molar refractivity (Wildman–Crippen MR) is 71.4 cm³/mol. The Kier molecular flexibility index (Phi) is 3.48. The van der Waals surface area contributed by atoms with E-state index in [2.05, 4.69) is 30.6 Å². The fourth-order valence-corrected chi connectivity index (χ4v) is 2.51. The molecule has 1 aromatic carbocycles. The van der Waals surface area contributed by atoms with Gasteiger partial charge in [-0.2, -0.15) is 0 Å². The first kappa shape index (κ1) is 12.8. The second kappa shape index (κ2) is 4.91. The Morgan fingerprint density at radius 1 is 1.28 bits per heavy atom. The molecule has 0 amide bonds. The first-order valence-corrected chi connectivity index (χ1v) is 7.10. The lowest BCUT2D eigenvalue weighted by Gasteiger charge is -2.07. The van der Waals surface area contributed by atoms with E-state index in [1.165, 1.54) is 30.7 Å². The number of hydrogen-bond acceptors (Lipinski definition) is 5. The van der Waals surface area contributed by atoms with Crippen LogP contribution in [0, 0.1) is 0 Å². The van der Waals surface area contributed by atoms with E-state index in [1.54, 1.807) is 6.07 Å². The minimum atomic E-state index is -3.71. The average Bonchev–Trinajstić information content (AvgIpc) is 2.33. The number of rotatable bonds is 3. The Labute approximate surface area is 112 Å². The van der Waals surface area contributed by atoms with Crippen molar-refractivity contribution in [1.82, 2.24) is 9.97 Å². The molecule has 2 aromatic rings. The van der Waals surface area contributed by atoms with E-state index in [9.17, 15) is 8.42 Å². The molecule has 2 rings (SSSR count). The number of halogens is 1. The summed E-state index contributed by atoms with van der Waals surface area (Å²) in [5.74, 6) is 0.152. The molecule has 94 valence electrons. The van der Waals surface area contributed by atoms with Crippen LogP contribution in [0.5, 0.6) is 0 Å². The molecular weight excluding hydrogens is 320 g/mol. The van der Waals surface area contributed by atoms with Gasteiger partial charge in [-0.05, 0) is 34.1 Å². The maximum Gasteiger partial charge on any atom is 0.263 e. The van der Waals surface area contributed by atoms with Gasteiger partial charge < -0.3 is 5.73 Å². The largest absolute Gasteiger partial charge is 0.398 e. The molecular formula is C10H9BrN4O2S. The smallest absolute Gasteiger partial charge is 0.263 e. The van der Waals surface area contributed by atoms with Gasteiger partial charge in [0.15, 0.2) is 5.82 Å². The second-order valence-electron chi connectivity index (χ2n) is 3.38. The molecule has 0 unspecified atom stereocenters. The van der Waals surface area contributed by atoms with Gasteiger partial charge in [0, 0.05) is 22.6 Å². The quantitative estimate of drug-likeness (QED) is 0.834. The Balaban J connectivity index is 2.34. The number of anilines is 2. The van der Waals surface area contributed by atoms with Crippen LogP contribution in [0.25, 0.3) is 0 Å². The summed E-state index contributed by atoms with van der Waals surface area (Å²) < 4.78 is 27.0. The van der Waals surface area contributed by atoms with Crippen LogP contribution >= 0.6 is 15.9 Å². The van der Waals surface area contributed by atoms with Crippen molar-refractivity contribution >= 4 is 37.5 Å². The summed E-state index contributed by atoms with van der Waals surface area (Å²) >= 11 is 3.20. The minimum Gasteiger partial charge on any atom is -0.398 e. The van der Waals surface area contributed by atoms with Crippen molar-refractivity contribution in [2.75, 3.05) is 10.5 Å². The molecule has 8 heteroatoms. The summed E-state index contributed by atoms with van der Waals surface area (Å²) in [4.78, 5) is 7.67. The van der Waals surface area contributed by atoms with Crippen molar-refractivity contribution in [1.29, 1.82) is 0 Å². The van der Waals surface area contributed by atoms with Crippen molar-refractivity contribution in [3.63, 3.8) is 0 Å². The maximum atomic E-state index is 12.0. The third-order valence-electron chi connectivity index (χ3n) is 2.08. The fraction of sp³-hybridized carbons (Fsp3) is 0. The lowest BCUT2D eigenvalue weighted by molar-refractivity contribution is 0.601. The van der Waals surface area contributed by atoms with Gasteiger partial charge in [0.05, 0.1) is 11.1 Å². The van der Waals surface area contributed by atoms with Crippen LogP contribution in [0.2, 0.25) is 0 Å². The SMILES string of the molecule is Nc1cc(S(=O)(=O)Nc2cnccn2)ccc1Br. The molecule has 0 aliphatic heterocycles. The van der Waals surface area contributed by atoms with Crippen molar-refractivity contribution in [2.24, 2.45) is 0 Å². The van der Waals surface area contributed by atoms with E-state index in [4.69, 9.17) is 5.73 Å². The third kappa shape index (κ3) is 2.77. The van der Waals surface area contributed by atoms with Gasteiger partial charge in [-0.15, -0.1) is 0 Å². The lowest BCUT2D eigenvalue weighted by Crippen LogP contribution is -2.14. The number of nitrogens with one attached hydrogen (secondary N) is 1. The van der Waals surface area contributed by atoms with Gasteiger partial charge in [-0.1, -0.05) is 0 Å². The molecule has 0 saturated heterocycles. The van der Waals surface area contributed by atoms with Crippen LogP contribution in [0.4, 0.5) is 11.5 Å². The average molecular weight is 329 g/mol. The van der Waals surface area contributed by atoms with Crippen molar-refractivity contribution in [3.8, 4) is 0 Å². The summed E-state index contributed by atoms with van der Waals surface area (Å²) in [6, 6.07) is 4.38. The summed E-state index contributed by atoms with van der Waals surface area (Å²) in [6.45, 7) is 0. The monoisotopic (exact) mass is 328 g/mol. The van der Waals surface area contributed by atoms with E-state index in [0.29, 0.717) is 10.2 Å². The molecule has 0 fully saturated rings. The molecule has 1 aromatic heterocycles. The first-order valence-electron chi connectivity index (χ1n) is 4.83. The van der Waals surface area contributed by atoms with Gasteiger partial charge in [-0.3, -0.25) is 9.71 Å². The third-order valence-corrected chi connectivity index (χ3v) is 4.15. The Morgan fingerprint density at radius 3 is 2.67 bits per heavy atom. The molecule has 1 heterocycles. The topological polar surface area (TPSA) is 98.0 Å². The molecule has 0 atom stereocenters. The maximum absolute atomic E-state index is 12.0. The fourth-order valence-electron chi connectivity index (χ4n) is 1.24. The van der Waals surface area contributed by atoms with Crippen molar-refractivity contribution in [3.05, 3.63) is 41.3 Å². The zero-order valence-electron chi connectivity index (χ0n) is 9.04. The highest BCUT2D eigenvalue weighted by atomic mass is 79.9. The molecule has 0 radical (unpaired) electrons. The van der Waals surface area contributed by atoms with Gasteiger partial charge >= 0.3 is 0 Å². The predicted octanol–water partition coefficient (Wildman–Crippen LogP) is 1.62. The molecule has 0 aliphatic carbocycles. The summed E-state index contributed by atoms with van der Waals surface area (Å²) in [5, 5.41) is 0. The minimum absolute atomic E-state index is 0.0638. The van der Waals surface area contributed by atoms with Crippen LogP contribution in [0.1, 0.15) is 0 Å². The molecule has 6 nitrogen and oxygen atoms in total. The molecule has 3 N–H and O–H groups in total. The van der Waals surface area contributed by atoms with Crippen LogP contribution < -0.4 is 10.5 Å². The van der Waals surface area contributed by atoms with Crippen molar-refractivity contribution < 1.29 is 8.42 Å². The normalized spacial score (nSPS) is 11.2. The Hall–Kier alpha value is -1.67. The number of benzene rings is 1. The number of hydrogen-bond donors (Lipinski definition) is 2. The zero-order chi connectivity index (χ0) is 13.2. The number of aromatic nitrogens is 2. The van der Waals surface area contributed by atoms with E-state index in [0.717, 1.165) is 0 Å². The first-order chi connectivity index (χ1) is 8.49. The second-order valence-corrected chi connectivity index (χ2v) is 5.92. The highest BCUT2D eigenvalue weighted by Gasteiger charge is 2.15. The van der Waals surface area contributed by atoms with Crippen molar-refractivity contribution in [2.45, 2.75) is 4.90 Å². The number of nitrogen functional groups attached to an aromatic ring is 1. The van der Waals surface area contributed by atoms with Crippen LogP contribution in [-0.4, -0.2) is 18.4 Å². The summed E-state index contributed by atoms with van der Waals surface area (Å²) in [6.07, 6.45) is 4.17. The zero-order valence-corrected chi connectivity index (χ0v) is 11.4. The molecule has 0 aliphatic rings. The molecule has 0 saturated carbocycles. The molecule has 0 spiro atoms. The lowest BCUT2D eigenvalue weighted by atomic mass is 10.3. The van der Waals surface area contributed by atoms with E-state index in [1.807, 2.05) is 0 Å². The number of nitrogens with two attached hydrogens (primary N) is 1. The van der Waals surface area contributed by atoms with E-state index in [-0.39, 0.29) is 10.7 Å². The summed E-state index contributed by atoms with van der Waals surface area (Å²) in [7, 11) is -3.71. The molecule has 0 bridgehead atoms. The van der Waals surface area contributed by atoms with Crippen LogP contribution in [0.15, 0.2) is 46.2 Å². The van der Waals surface area contributed by atoms with Gasteiger partial charge in [0.1, 0.15) is 0 Å². The van der Waals surface area contributed by atoms with E-state index < -0.39 is 10.0 Å². The highest BCUT2D eigenvalue weighted by molar-refractivity contribution is 9.10. The number of nitrogens with zero attached hydrogens (tertiary/aromatic N) is 2. The number of sulfonamides is 1. The summed E-state index contributed by atoms with van der Waals surface area (Å²) in [5.41, 5.74) is 5.99. The molecule has 18 heavy (non-hydrogen) atoms. The Bertz CT molecular complexity index is 661. The van der Waals surface area contributed by atoms with Gasteiger partial charge in [0.2, 0.25) is 0 Å². The standard InChI is InChI=1S/C10H9BrN4O2S/c11-8-2-1-7(5-9(8)12)18(16,17)15-10-6-13-3-4-14-10/h1-6H,12H2,(H,14,15). The Morgan fingerprint density at radius 2 is 2.06 bits per heavy atom.